The summed E-state index contributed by atoms with van der Waals surface area (Å²) in [6, 6.07) is 0. The molecule has 0 fully saturated rings. The molecule has 1 N–H and O–H groups in total. The molecule has 2 nitrogen and oxygen atoms in total. The van der Waals surface area contributed by atoms with Gasteiger partial charge in [0.2, 0.25) is 0 Å². The summed E-state index contributed by atoms with van der Waals surface area (Å²) in [4.78, 5) is 0. The van der Waals surface area contributed by atoms with Crippen molar-refractivity contribution >= 4 is 6.72 Å². The number of nitrogens with zero attached hydrogens (tertiary/aromatic N) is 1. The van der Waals surface area contributed by atoms with Crippen molar-refractivity contribution in [3.05, 3.63) is 36.1 Å². The average Bonchev–Trinajstić information content (AvgIpc) is 1.97. The van der Waals surface area contributed by atoms with E-state index in [-0.39, 0.29) is 0 Å². The second-order valence-corrected chi connectivity index (χ2v) is 2.28. The molecule has 2 heteroatoms. The summed E-state index contributed by atoms with van der Waals surface area (Å²) in [6.07, 6.45) is 5.46. The van der Waals surface area contributed by atoms with Gasteiger partial charge in [0.1, 0.15) is 0 Å². The van der Waals surface area contributed by atoms with Crippen molar-refractivity contribution in [2.45, 2.75) is 13.8 Å². The molecule has 0 aliphatic carbocycles. The maximum atomic E-state index is 3.57. The minimum absolute atomic E-state index is 0.958. The van der Waals surface area contributed by atoms with Gasteiger partial charge in [0.15, 0.2) is 0 Å². The maximum absolute atomic E-state index is 3.57. The van der Waals surface area contributed by atoms with Crippen molar-refractivity contribution < 1.29 is 0 Å². The molecule has 0 amide bonds. The molecule has 0 saturated heterocycles. The van der Waals surface area contributed by atoms with E-state index in [0.717, 1.165) is 11.3 Å². The molecule has 0 rings (SSSR count). The molecule has 60 valence electrons. The van der Waals surface area contributed by atoms with Crippen LogP contribution in [-0.2, 0) is 0 Å². The second kappa shape index (κ2) is 5.47. The largest absolute Gasteiger partial charge is 0.279 e. The lowest BCUT2D eigenvalue weighted by atomic mass is 10.2. The van der Waals surface area contributed by atoms with Crippen molar-refractivity contribution in [2.75, 3.05) is 0 Å². The van der Waals surface area contributed by atoms with Gasteiger partial charge in [-0.1, -0.05) is 24.3 Å². The topological polar surface area (TPSA) is 24.4 Å². The Balaban J connectivity index is 4.35. The van der Waals surface area contributed by atoms with Gasteiger partial charge in [0.05, 0.1) is 5.70 Å². The molecule has 0 atom stereocenters. The highest BCUT2D eigenvalue weighted by molar-refractivity contribution is 5.27. The Kier molecular flexibility index (Phi) is 4.82. The minimum atomic E-state index is 0.958. The van der Waals surface area contributed by atoms with E-state index in [9.17, 15) is 0 Å². The van der Waals surface area contributed by atoms with Crippen LogP contribution in [0.3, 0.4) is 0 Å². The molecule has 0 bridgehead atoms. The normalized spacial score (nSPS) is 9.27. The highest BCUT2D eigenvalue weighted by atomic mass is 15.3. The van der Waals surface area contributed by atoms with Gasteiger partial charge >= 0.3 is 0 Å². The van der Waals surface area contributed by atoms with E-state index in [1.165, 1.54) is 0 Å². The summed E-state index contributed by atoms with van der Waals surface area (Å²) in [6.45, 7) is 10.9. The third-order valence-corrected chi connectivity index (χ3v) is 1.14. The Labute approximate surface area is 68.0 Å². The van der Waals surface area contributed by atoms with Crippen LogP contribution >= 0.6 is 0 Å². The maximum Gasteiger partial charge on any atom is 0.0547 e. The molecule has 0 saturated carbocycles. The zero-order valence-corrected chi connectivity index (χ0v) is 7.09. The van der Waals surface area contributed by atoms with Crippen molar-refractivity contribution in [1.29, 1.82) is 0 Å². The third-order valence-electron chi connectivity index (χ3n) is 1.14. The van der Waals surface area contributed by atoms with Gasteiger partial charge in [-0.15, -0.1) is 0 Å². The minimum Gasteiger partial charge on any atom is -0.279 e. The van der Waals surface area contributed by atoms with Crippen LogP contribution in [0.4, 0.5) is 0 Å². The Morgan fingerprint density at radius 2 is 2.09 bits per heavy atom. The molecule has 0 aromatic heterocycles. The first-order chi connectivity index (χ1) is 5.22. The van der Waals surface area contributed by atoms with E-state index in [2.05, 4.69) is 23.8 Å². The van der Waals surface area contributed by atoms with Crippen LogP contribution in [0, 0.1) is 0 Å². The number of hydrogen-bond donors (Lipinski definition) is 1. The fourth-order valence-electron chi connectivity index (χ4n) is 0.565. The van der Waals surface area contributed by atoms with Crippen LogP contribution in [0.25, 0.3) is 0 Å². The summed E-state index contributed by atoms with van der Waals surface area (Å²) in [5.41, 5.74) is 4.90. The highest BCUT2D eigenvalue weighted by Crippen LogP contribution is 2.00. The SMILES string of the molecule is C=C/C=C\C(NN=C)=C(C)C. The number of nitrogens with one attached hydrogen (secondary N) is 1. The molecule has 0 radical (unpaired) electrons. The highest BCUT2D eigenvalue weighted by Gasteiger charge is 1.89. The Bertz CT molecular complexity index is 196. The molecule has 0 aliphatic heterocycles. The van der Waals surface area contributed by atoms with Crippen LogP contribution in [0.5, 0.6) is 0 Å². The van der Waals surface area contributed by atoms with Crippen molar-refractivity contribution in [1.82, 2.24) is 5.43 Å². The van der Waals surface area contributed by atoms with Gasteiger partial charge in [-0.05, 0) is 19.9 Å². The second-order valence-electron chi connectivity index (χ2n) is 2.28. The van der Waals surface area contributed by atoms with Crippen molar-refractivity contribution in [3.8, 4) is 0 Å². The lowest BCUT2D eigenvalue weighted by Gasteiger charge is -2.01. The van der Waals surface area contributed by atoms with Crippen LogP contribution in [0.15, 0.2) is 41.2 Å². The Morgan fingerprint density at radius 3 is 2.45 bits per heavy atom. The molecular weight excluding hydrogens is 136 g/mol. The first-order valence-corrected chi connectivity index (χ1v) is 3.40. The van der Waals surface area contributed by atoms with Crippen LogP contribution in [0.2, 0.25) is 0 Å². The first kappa shape index (κ1) is 9.69. The molecule has 0 heterocycles. The van der Waals surface area contributed by atoms with Gasteiger partial charge in [-0.2, -0.15) is 5.10 Å². The number of hydrazone groups is 1. The molecule has 0 aromatic carbocycles. The summed E-state index contributed by atoms with van der Waals surface area (Å²) < 4.78 is 0. The van der Waals surface area contributed by atoms with Crippen LogP contribution in [0.1, 0.15) is 13.8 Å². The van der Waals surface area contributed by atoms with Crippen LogP contribution < -0.4 is 5.43 Å². The summed E-state index contributed by atoms with van der Waals surface area (Å²) in [5.74, 6) is 0. The Hall–Kier alpha value is -1.31. The first-order valence-electron chi connectivity index (χ1n) is 3.40. The van der Waals surface area contributed by atoms with E-state index >= 15 is 0 Å². The fourth-order valence-corrected chi connectivity index (χ4v) is 0.565. The summed E-state index contributed by atoms with van der Waals surface area (Å²) >= 11 is 0. The molecule has 0 spiro atoms. The molecule has 0 unspecified atom stereocenters. The summed E-state index contributed by atoms with van der Waals surface area (Å²) in [5, 5.41) is 3.57. The molecule has 0 aliphatic rings. The van der Waals surface area contributed by atoms with Crippen LogP contribution in [-0.4, -0.2) is 6.72 Å². The smallest absolute Gasteiger partial charge is 0.0547 e. The third kappa shape index (κ3) is 4.14. The number of hydrogen-bond acceptors (Lipinski definition) is 2. The Morgan fingerprint density at radius 1 is 1.45 bits per heavy atom. The van der Waals surface area contributed by atoms with E-state index in [1.807, 2.05) is 26.0 Å². The molecule has 11 heavy (non-hydrogen) atoms. The monoisotopic (exact) mass is 150 g/mol. The van der Waals surface area contributed by atoms with Crippen molar-refractivity contribution in [3.63, 3.8) is 0 Å². The average molecular weight is 150 g/mol. The predicted molar refractivity (Wildman–Crippen MR) is 50.4 cm³/mol. The van der Waals surface area contributed by atoms with Gasteiger partial charge in [0.25, 0.3) is 0 Å². The fraction of sp³-hybridized carbons (Fsp3) is 0.222. The van der Waals surface area contributed by atoms with Gasteiger partial charge in [-0.25, -0.2) is 0 Å². The van der Waals surface area contributed by atoms with Crippen molar-refractivity contribution in [2.24, 2.45) is 5.10 Å². The summed E-state index contributed by atoms with van der Waals surface area (Å²) in [7, 11) is 0. The van der Waals surface area contributed by atoms with Gasteiger partial charge in [-0.3, -0.25) is 5.43 Å². The lowest BCUT2D eigenvalue weighted by molar-refractivity contribution is 0.908. The standard InChI is InChI=1S/C9H14N2/c1-5-6-7-9(8(2)3)11-10-4/h5-7,11H,1,4H2,2-3H3/b7-6-. The van der Waals surface area contributed by atoms with E-state index in [4.69, 9.17) is 0 Å². The quantitative estimate of drug-likeness (QED) is 0.371. The van der Waals surface area contributed by atoms with Gasteiger partial charge in [0, 0.05) is 6.72 Å². The number of rotatable bonds is 4. The molecular formula is C9H14N2. The van der Waals surface area contributed by atoms with Gasteiger partial charge < -0.3 is 0 Å². The van der Waals surface area contributed by atoms with E-state index in [1.54, 1.807) is 6.08 Å². The van der Waals surface area contributed by atoms with E-state index in [0.29, 0.717) is 0 Å². The predicted octanol–water partition coefficient (Wildman–Crippen LogP) is 2.23. The van der Waals surface area contributed by atoms with E-state index < -0.39 is 0 Å². The zero-order chi connectivity index (χ0) is 8.69. The lowest BCUT2D eigenvalue weighted by Crippen LogP contribution is -2.03. The molecule has 0 aromatic rings. The number of allylic oxidation sites excluding steroid dienone is 4. The zero-order valence-electron chi connectivity index (χ0n) is 7.09.